The molecule has 0 aromatic heterocycles. The highest BCUT2D eigenvalue weighted by molar-refractivity contribution is 5.99. The SMILES string of the molecule is Cc1cccc([N+](=O)[O-])c1C(=O)N1CCC(N)C1.Cl. The van der Waals surface area contributed by atoms with E-state index in [0.717, 1.165) is 6.42 Å². The highest BCUT2D eigenvalue weighted by Crippen LogP contribution is 2.24. The molecule has 0 radical (unpaired) electrons. The first-order valence-electron chi connectivity index (χ1n) is 5.79. The number of aryl methyl sites for hydroxylation is 1. The molecule has 0 saturated carbocycles. The minimum absolute atomic E-state index is 0. The maximum absolute atomic E-state index is 12.3. The summed E-state index contributed by atoms with van der Waals surface area (Å²) < 4.78 is 0. The lowest BCUT2D eigenvalue weighted by atomic mass is 10.1. The van der Waals surface area contributed by atoms with Crippen molar-refractivity contribution in [3.63, 3.8) is 0 Å². The van der Waals surface area contributed by atoms with Crippen molar-refractivity contribution in [1.82, 2.24) is 4.90 Å². The van der Waals surface area contributed by atoms with E-state index in [2.05, 4.69) is 0 Å². The Balaban J connectivity index is 0.00000180. The smallest absolute Gasteiger partial charge is 0.282 e. The largest absolute Gasteiger partial charge is 0.337 e. The van der Waals surface area contributed by atoms with Gasteiger partial charge < -0.3 is 10.6 Å². The predicted octanol–water partition coefficient (Wildman–Crippen LogP) is 1.50. The van der Waals surface area contributed by atoms with Crippen molar-refractivity contribution < 1.29 is 9.72 Å². The normalized spacial score (nSPS) is 18.0. The van der Waals surface area contributed by atoms with Gasteiger partial charge in [0.25, 0.3) is 11.6 Å². The third-order valence-electron chi connectivity index (χ3n) is 3.17. The molecule has 1 aliphatic rings. The van der Waals surface area contributed by atoms with Crippen LogP contribution < -0.4 is 5.73 Å². The summed E-state index contributed by atoms with van der Waals surface area (Å²) in [6.45, 7) is 2.73. The maximum atomic E-state index is 12.3. The number of halogens is 1. The van der Waals surface area contributed by atoms with E-state index in [1.54, 1.807) is 24.0 Å². The number of carbonyl (C=O) groups is 1. The molecule has 1 aromatic rings. The average molecular weight is 286 g/mol. The van der Waals surface area contributed by atoms with Crippen LogP contribution in [0.4, 0.5) is 5.69 Å². The second kappa shape index (κ2) is 5.99. The molecule has 1 amide bonds. The van der Waals surface area contributed by atoms with Gasteiger partial charge in [-0.05, 0) is 18.9 Å². The van der Waals surface area contributed by atoms with Gasteiger partial charge in [0.1, 0.15) is 5.56 Å². The van der Waals surface area contributed by atoms with Crippen molar-refractivity contribution >= 4 is 24.0 Å². The first kappa shape index (κ1) is 15.4. The van der Waals surface area contributed by atoms with E-state index in [1.165, 1.54) is 6.07 Å². The number of benzene rings is 1. The maximum Gasteiger partial charge on any atom is 0.282 e. The van der Waals surface area contributed by atoms with Gasteiger partial charge >= 0.3 is 0 Å². The Morgan fingerprint density at radius 3 is 2.74 bits per heavy atom. The second-order valence-corrected chi connectivity index (χ2v) is 4.53. The van der Waals surface area contributed by atoms with Gasteiger partial charge in [0.05, 0.1) is 4.92 Å². The molecule has 104 valence electrons. The fraction of sp³-hybridized carbons (Fsp3) is 0.417. The number of likely N-dealkylation sites (tertiary alicyclic amines) is 1. The van der Waals surface area contributed by atoms with Crippen molar-refractivity contribution in [2.24, 2.45) is 5.73 Å². The van der Waals surface area contributed by atoms with E-state index < -0.39 is 4.92 Å². The zero-order chi connectivity index (χ0) is 13.3. The molecule has 6 nitrogen and oxygen atoms in total. The summed E-state index contributed by atoms with van der Waals surface area (Å²) >= 11 is 0. The average Bonchev–Trinajstić information content (AvgIpc) is 2.74. The van der Waals surface area contributed by atoms with Crippen LogP contribution in [0.25, 0.3) is 0 Å². The molecule has 0 bridgehead atoms. The molecule has 1 saturated heterocycles. The number of nitro groups is 1. The molecule has 1 aliphatic heterocycles. The van der Waals surface area contributed by atoms with Crippen molar-refractivity contribution in [1.29, 1.82) is 0 Å². The number of carbonyl (C=O) groups excluding carboxylic acids is 1. The summed E-state index contributed by atoms with van der Waals surface area (Å²) in [5, 5.41) is 11.0. The third-order valence-corrected chi connectivity index (χ3v) is 3.17. The molecule has 1 fully saturated rings. The van der Waals surface area contributed by atoms with Crippen LogP contribution in [-0.4, -0.2) is 34.9 Å². The summed E-state index contributed by atoms with van der Waals surface area (Å²) in [4.78, 5) is 24.3. The Kier molecular flexibility index (Phi) is 4.85. The van der Waals surface area contributed by atoms with Gasteiger partial charge in [-0.2, -0.15) is 0 Å². The number of nitro benzene ring substituents is 1. The van der Waals surface area contributed by atoms with Crippen LogP contribution in [0.3, 0.4) is 0 Å². The van der Waals surface area contributed by atoms with Gasteiger partial charge in [-0.1, -0.05) is 12.1 Å². The van der Waals surface area contributed by atoms with Crippen LogP contribution in [0.15, 0.2) is 18.2 Å². The van der Waals surface area contributed by atoms with E-state index in [9.17, 15) is 14.9 Å². The van der Waals surface area contributed by atoms with Crippen LogP contribution >= 0.6 is 12.4 Å². The van der Waals surface area contributed by atoms with E-state index in [0.29, 0.717) is 18.7 Å². The van der Waals surface area contributed by atoms with E-state index >= 15 is 0 Å². The molecule has 0 spiro atoms. The van der Waals surface area contributed by atoms with Crippen LogP contribution in [-0.2, 0) is 0 Å². The lowest BCUT2D eigenvalue weighted by molar-refractivity contribution is -0.385. The number of hydrogen-bond acceptors (Lipinski definition) is 4. The number of rotatable bonds is 2. The zero-order valence-electron chi connectivity index (χ0n) is 10.5. The molecular weight excluding hydrogens is 270 g/mol. The van der Waals surface area contributed by atoms with E-state index in [1.807, 2.05) is 0 Å². The summed E-state index contributed by atoms with van der Waals surface area (Å²) in [6.07, 6.45) is 0.741. The number of hydrogen-bond donors (Lipinski definition) is 1. The number of amides is 1. The molecule has 1 atom stereocenters. The Hall–Kier alpha value is -1.66. The summed E-state index contributed by atoms with van der Waals surface area (Å²) in [5.74, 6) is -0.298. The first-order chi connectivity index (χ1) is 8.50. The Morgan fingerprint density at radius 2 is 2.21 bits per heavy atom. The summed E-state index contributed by atoms with van der Waals surface area (Å²) in [5.41, 5.74) is 6.41. The molecule has 2 N–H and O–H groups in total. The van der Waals surface area contributed by atoms with Crippen molar-refractivity contribution in [2.45, 2.75) is 19.4 Å². The van der Waals surface area contributed by atoms with Crippen LogP contribution in [0.5, 0.6) is 0 Å². The molecule has 19 heavy (non-hydrogen) atoms. The summed E-state index contributed by atoms with van der Waals surface area (Å²) in [7, 11) is 0. The van der Waals surface area contributed by atoms with E-state index in [4.69, 9.17) is 5.73 Å². The Bertz CT molecular complexity index is 507. The van der Waals surface area contributed by atoms with E-state index in [-0.39, 0.29) is 35.6 Å². The Labute approximate surface area is 117 Å². The fourth-order valence-electron chi connectivity index (χ4n) is 2.21. The molecule has 7 heteroatoms. The lowest BCUT2D eigenvalue weighted by Crippen LogP contribution is -2.32. The van der Waals surface area contributed by atoms with Crippen LogP contribution in [0, 0.1) is 17.0 Å². The highest BCUT2D eigenvalue weighted by atomic mass is 35.5. The predicted molar refractivity (Wildman–Crippen MR) is 73.6 cm³/mol. The second-order valence-electron chi connectivity index (χ2n) is 4.53. The van der Waals surface area contributed by atoms with Gasteiger partial charge in [-0.25, -0.2) is 0 Å². The first-order valence-corrected chi connectivity index (χ1v) is 5.79. The zero-order valence-corrected chi connectivity index (χ0v) is 11.4. The van der Waals surface area contributed by atoms with Crippen LogP contribution in [0.2, 0.25) is 0 Å². The van der Waals surface area contributed by atoms with Gasteiger partial charge in [0.15, 0.2) is 0 Å². The van der Waals surface area contributed by atoms with Crippen molar-refractivity contribution in [3.05, 3.63) is 39.4 Å². The molecule has 1 aromatic carbocycles. The van der Waals surface area contributed by atoms with Gasteiger partial charge in [0.2, 0.25) is 0 Å². The number of nitrogens with two attached hydrogens (primary N) is 1. The quantitative estimate of drug-likeness (QED) is 0.658. The van der Waals surface area contributed by atoms with Gasteiger partial charge in [0, 0.05) is 25.2 Å². The molecule has 1 heterocycles. The molecule has 0 aliphatic carbocycles. The van der Waals surface area contributed by atoms with Crippen molar-refractivity contribution in [2.75, 3.05) is 13.1 Å². The minimum Gasteiger partial charge on any atom is -0.337 e. The summed E-state index contributed by atoms with van der Waals surface area (Å²) in [6, 6.07) is 4.61. The number of nitrogens with zero attached hydrogens (tertiary/aromatic N) is 2. The highest BCUT2D eigenvalue weighted by Gasteiger charge is 2.30. The lowest BCUT2D eigenvalue weighted by Gasteiger charge is -2.17. The Morgan fingerprint density at radius 1 is 1.53 bits per heavy atom. The minimum atomic E-state index is -0.518. The standard InChI is InChI=1S/C12H15N3O3.ClH/c1-8-3-2-4-10(15(17)18)11(8)12(16)14-6-5-9(13)7-14;/h2-4,9H,5-7,13H2,1H3;1H. The van der Waals surface area contributed by atoms with Gasteiger partial charge in [-0.3, -0.25) is 14.9 Å². The molecule has 2 rings (SSSR count). The van der Waals surface area contributed by atoms with Crippen molar-refractivity contribution in [3.8, 4) is 0 Å². The molecule has 1 unspecified atom stereocenters. The topological polar surface area (TPSA) is 89.5 Å². The monoisotopic (exact) mass is 285 g/mol. The molecular formula is C12H16ClN3O3. The van der Waals surface area contributed by atoms with Crippen LogP contribution in [0.1, 0.15) is 22.3 Å². The fourth-order valence-corrected chi connectivity index (χ4v) is 2.21. The third kappa shape index (κ3) is 3.02. The van der Waals surface area contributed by atoms with Gasteiger partial charge in [-0.15, -0.1) is 12.4 Å².